The van der Waals surface area contributed by atoms with Crippen molar-refractivity contribution in [3.63, 3.8) is 0 Å². The predicted molar refractivity (Wildman–Crippen MR) is 253 cm³/mol. The molecule has 276 valence electrons. The Kier molecular flexibility index (Phi) is 22.8. The van der Waals surface area contributed by atoms with E-state index in [-0.39, 0.29) is 71.4 Å². The van der Waals surface area contributed by atoms with Gasteiger partial charge in [0.05, 0.1) is 0 Å². The van der Waals surface area contributed by atoms with E-state index in [1.807, 2.05) is 0 Å². The van der Waals surface area contributed by atoms with E-state index in [4.69, 9.17) is 9.16 Å². The Morgan fingerprint density at radius 1 is 0.462 bits per heavy atom. The van der Waals surface area contributed by atoms with Gasteiger partial charge in [0.1, 0.15) is 0 Å². The van der Waals surface area contributed by atoms with Crippen LogP contribution in [0.2, 0.25) is 91.7 Å². The van der Waals surface area contributed by atoms with Crippen molar-refractivity contribution in [1.82, 2.24) is 0 Å². The fraction of sp³-hybridized carbons (Fsp3) is 0.359. The molecule has 0 fully saturated rings. The molecule has 0 heterocycles. The van der Waals surface area contributed by atoms with Gasteiger partial charge in [-0.05, 0) is 21.2 Å². The molecule has 0 N–H and O–H groups in total. The molecule has 4 nitrogen and oxygen atoms in total. The summed E-state index contributed by atoms with van der Waals surface area (Å²) in [6, 6.07) is 44.1. The molecule has 13 heteroatoms. The molecule has 0 atom stereocenters. The molecular weight excluding hydrogens is 894 g/mol. The van der Waals surface area contributed by atoms with Gasteiger partial charge < -0.3 is 18.5 Å². The largest absolute Gasteiger partial charge is 3.00 e. The van der Waals surface area contributed by atoms with Crippen molar-refractivity contribution in [3.8, 4) is 0 Å². The normalized spacial score (nSPS) is 12.0. The van der Waals surface area contributed by atoms with Crippen molar-refractivity contribution in [2.24, 2.45) is 4.41 Å². The van der Waals surface area contributed by atoms with Gasteiger partial charge in [0.25, 0.3) is 0 Å². The summed E-state index contributed by atoms with van der Waals surface area (Å²) in [5.74, 6) is 0. The van der Waals surface area contributed by atoms with E-state index in [9.17, 15) is 0 Å². The third-order valence-corrected chi connectivity index (χ3v) is 28.2. The van der Waals surface area contributed by atoms with E-state index in [2.05, 4.69) is 228 Å². The maximum absolute atomic E-state index is 5.92. The Morgan fingerprint density at radius 2 is 0.731 bits per heavy atom. The van der Waals surface area contributed by atoms with Crippen LogP contribution in [0.1, 0.15) is 0 Å². The maximum atomic E-state index is 5.92. The Morgan fingerprint density at radius 3 is 0.942 bits per heavy atom. The monoisotopic (exact) mass is 956 g/mol. The first kappa shape index (κ1) is 49.8. The minimum absolute atomic E-state index is 0. The molecule has 0 spiro atoms. The molecule has 4 rings (SSSR count). The van der Waals surface area contributed by atoms with Gasteiger partial charge >= 0.3 is 35.6 Å². The number of hydrogen-bond acceptors (Lipinski definition) is 1. The third-order valence-electron chi connectivity index (χ3n) is 6.74. The number of benzene rings is 4. The molecule has 4 aromatic rings. The molecule has 0 aliphatic carbocycles. The zero-order valence-corrected chi connectivity index (χ0v) is 45.8. The van der Waals surface area contributed by atoms with Crippen molar-refractivity contribution in [1.29, 1.82) is 0 Å². The van der Waals surface area contributed by atoms with Crippen LogP contribution < -0.4 is 21.2 Å². The van der Waals surface area contributed by atoms with E-state index in [1.165, 1.54) is 21.2 Å². The number of nitrogens with zero attached hydrogens (tertiary/aromatic N) is 4. The van der Waals surface area contributed by atoms with Crippen LogP contribution in [0.5, 0.6) is 0 Å². The summed E-state index contributed by atoms with van der Waals surface area (Å²) in [6.45, 7) is 32.0. The van der Waals surface area contributed by atoms with Crippen molar-refractivity contribution in [3.05, 3.63) is 135 Å². The van der Waals surface area contributed by atoms with Crippen LogP contribution in [0.4, 0.5) is 0 Å². The first-order valence-electron chi connectivity index (χ1n) is 17.8. The summed E-state index contributed by atoms with van der Waals surface area (Å²) in [5, 5.41) is 5.24. The standard InChI is InChI=1S/C31H39N2P2Si2.2C4H12NSi2.La/c1-36(2,3)32-34(28-19-11-7-12-20-28,29-21-13-8-14-22-29)27-35(33-37(4,5)6,30-23-15-9-16-24-30)31-25-17-10-18-26-31;2*1-6(2)5-7(3)4;/h7-27H,1-6H3;2*1-4H3;/q3*-1;+3. The molecule has 0 aliphatic heterocycles. The van der Waals surface area contributed by atoms with Crippen molar-refractivity contribution < 1.29 is 35.6 Å². The average molecular weight is 957 g/mol. The molecule has 52 heavy (non-hydrogen) atoms. The average Bonchev–Trinajstić information content (AvgIpc) is 3.04. The molecule has 0 unspecified atom stereocenters. The Balaban J connectivity index is 0.000000763. The molecular formula is C39H63LaN4P2Si6. The van der Waals surface area contributed by atoms with Gasteiger partial charge in [0, 0.05) is 7.05 Å². The van der Waals surface area contributed by atoms with Crippen LogP contribution in [0, 0.1) is 35.6 Å². The second kappa shape index (κ2) is 23.8. The smallest absolute Gasteiger partial charge is 0.673 e. The fourth-order valence-corrected chi connectivity index (χ4v) is 30.6. The quantitative estimate of drug-likeness (QED) is 0.100. The summed E-state index contributed by atoms with van der Waals surface area (Å²) in [6.07, 6.45) is 0. The fourth-order valence-electron chi connectivity index (χ4n) is 5.55. The SMILES string of the molecule is C[Si](C)(C)N=P(C=P([N-][Si](C)(C)C)(c1ccccc1)c1ccccc1)(c1ccccc1)c1ccccc1.C[Si](C)[N-][Si](C)C.C[Si](C)[N-][Si](C)C.[La+3]. The van der Waals surface area contributed by atoms with Gasteiger partial charge in [0.15, 0.2) is 8.24 Å². The van der Waals surface area contributed by atoms with E-state index >= 15 is 0 Å². The van der Waals surface area contributed by atoms with Crippen LogP contribution in [0.15, 0.2) is 126 Å². The Labute approximate surface area is 356 Å². The second-order valence-corrected chi connectivity index (χ2v) is 40.8. The topological polar surface area (TPSA) is 54.7 Å². The minimum Gasteiger partial charge on any atom is -0.673 e. The maximum Gasteiger partial charge on any atom is 3.00 e. The minimum atomic E-state index is -2.32. The van der Waals surface area contributed by atoms with Crippen LogP contribution in [0.3, 0.4) is 0 Å². The van der Waals surface area contributed by atoms with Gasteiger partial charge in [-0.3, -0.25) is 0 Å². The van der Waals surface area contributed by atoms with Gasteiger partial charge in [-0.25, -0.2) is 0 Å². The Bertz CT molecular complexity index is 1550. The van der Waals surface area contributed by atoms with Gasteiger partial charge in [-0.15, -0.1) is 7.04 Å². The third kappa shape index (κ3) is 17.7. The van der Waals surface area contributed by atoms with Crippen LogP contribution in [-0.4, -0.2) is 57.8 Å². The zero-order valence-electron chi connectivity index (χ0n) is 34.4. The summed E-state index contributed by atoms with van der Waals surface area (Å²) < 4.78 is 20.8. The van der Waals surface area contributed by atoms with Gasteiger partial charge in [-0.1, -0.05) is 263 Å². The molecule has 4 aromatic carbocycles. The van der Waals surface area contributed by atoms with Crippen LogP contribution in [0.25, 0.3) is 14.0 Å². The molecule has 0 aliphatic rings. The van der Waals surface area contributed by atoms with E-state index < -0.39 is 30.6 Å². The number of hydrogen-bond donors (Lipinski definition) is 0. The first-order chi connectivity index (χ1) is 23.8. The molecule has 0 aromatic heterocycles. The summed E-state index contributed by atoms with van der Waals surface area (Å²) >= 11 is 0. The Hall–Kier alpha value is -0.214. The van der Waals surface area contributed by atoms with E-state index in [0.29, 0.717) is 0 Å². The molecule has 0 bridgehead atoms. The van der Waals surface area contributed by atoms with Gasteiger partial charge in [0.2, 0.25) is 0 Å². The zero-order chi connectivity index (χ0) is 38.3. The van der Waals surface area contributed by atoms with Crippen LogP contribution in [-0.2, 0) is 0 Å². The van der Waals surface area contributed by atoms with E-state index in [1.54, 1.807) is 0 Å². The second-order valence-electron chi connectivity index (χ2n) is 15.4. The summed E-state index contributed by atoms with van der Waals surface area (Å²) in [5.41, 5.74) is 2.69. The molecule has 0 saturated heterocycles. The molecule has 0 amide bonds. The van der Waals surface area contributed by atoms with Crippen molar-refractivity contribution in [2.75, 3.05) is 0 Å². The van der Waals surface area contributed by atoms with Gasteiger partial charge in [-0.2, -0.15) is 0 Å². The predicted octanol–water partition coefficient (Wildman–Crippen LogP) is 11.9. The number of rotatable bonds is 12. The summed E-state index contributed by atoms with van der Waals surface area (Å²) in [7, 11) is -9.47. The summed E-state index contributed by atoms with van der Waals surface area (Å²) in [4.78, 5) is 0. The molecule has 0 saturated carbocycles. The van der Waals surface area contributed by atoms with Crippen molar-refractivity contribution in [2.45, 2.75) is 91.7 Å². The molecule has 4 radical (unpaired) electrons. The van der Waals surface area contributed by atoms with E-state index in [0.717, 1.165) is 0 Å². The first-order valence-corrected chi connectivity index (χ1v) is 38.1. The van der Waals surface area contributed by atoms with Crippen molar-refractivity contribution >= 4 is 93.2 Å². The van der Waals surface area contributed by atoms with Crippen LogP contribution >= 0.6 is 14.1 Å².